The maximum atomic E-state index is 12.4. The molecule has 18 heavy (non-hydrogen) atoms. The van der Waals surface area contributed by atoms with Crippen LogP contribution in [-0.2, 0) is 6.18 Å². The fourth-order valence-electron chi connectivity index (χ4n) is 1.05. The first kappa shape index (κ1) is 15.4. The molecule has 0 bridgehead atoms. The van der Waals surface area contributed by atoms with E-state index in [0.29, 0.717) is 12.1 Å². The van der Waals surface area contributed by atoms with E-state index in [-0.39, 0.29) is 10.0 Å². The summed E-state index contributed by atoms with van der Waals surface area (Å²) in [5.41, 5.74) is -1.35. The van der Waals surface area contributed by atoms with E-state index in [1.165, 1.54) is 0 Å². The Morgan fingerprint density at radius 3 is 2.11 bits per heavy atom. The highest BCUT2D eigenvalue weighted by Gasteiger charge is 2.33. The molecule has 0 saturated heterocycles. The molecule has 1 aromatic carbocycles. The van der Waals surface area contributed by atoms with Crippen LogP contribution in [-0.4, -0.2) is 6.18 Å². The van der Waals surface area contributed by atoms with Crippen LogP contribution in [0.4, 0.5) is 26.3 Å². The molecule has 1 aromatic rings. The van der Waals surface area contributed by atoms with E-state index in [0.717, 1.165) is 12.1 Å². The van der Waals surface area contributed by atoms with Gasteiger partial charge < -0.3 is 0 Å². The molecule has 0 amide bonds. The molecular weight excluding hydrogens is 349 g/mol. The summed E-state index contributed by atoms with van der Waals surface area (Å²) in [6, 6.07) is 2.34. The summed E-state index contributed by atoms with van der Waals surface area (Å²) in [5, 5.41) is -1.50. The lowest BCUT2D eigenvalue weighted by atomic mass is 10.1. The quantitative estimate of drug-likeness (QED) is 0.576. The van der Waals surface area contributed by atoms with Gasteiger partial charge >= 0.3 is 12.4 Å². The fraction of sp³-hybridized carbons (Fsp3) is 0.200. The second-order valence-electron chi connectivity index (χ2n) is 3.22. The van der Waals surface area contributed by atoms with E-state index in [9.17, 15) is 26.3 Å². The summed E-state index contributed by atoms with van der Waals surface area (Å²) < 4.78 is 73.7. The van der Waals surface area contributed by atoms with Crippen LogP contribution in [0, 0.1) is 0 Å². The van der Waals surface area contributed by atoms with Crippen LogP contribution in [0.5, 0.6) is 0 Å². The molecule has 0 aliphatic carbocycles. The summed E-state index contributed by atoms with van der Waals surface area (Å²) >= 11 is 7.82. The van der Waals surface area contributed by atoms with Gasteiger partial charge in [0.1, 0.15) is 5.03 Å². The molecule has 0 spiro atoms. The Hall–Kier alpha value is -0.690. The average Bonchev–Trinajstić information content (AvgIpc) is 2.18. The highest BCUT2D eigenvalue weighted by molar-refractivity contribution is 9.10. The normalized spacial score (nSPS) is 13.9. The lowest BCUT2D eigenvalue weighted by molar-refractivity contribution is -0.137. The van der Waals surface area contributed by atoms with Crippen molar-refractivity contribution in [3.8, 4) is 0 Å². The van der Waals surface area contributed by atoms with Crippen molar-refractivity contribution in [2.45, 2.75) is 12.4 Å². The zero-order chi connectivity index (χ0) is 14.1. The number of allylic oxidation sites excluding steroid dienone is 1. The molecule has 0 fully saturated rings. The summed E-state index contributed by atoms with van der Waals surface area (Å²) in [4.78, 5) is 0. The summed E-state index contributed by atoms with van der Waals surface area (Å²) in [6.07, 6.45) is -9.00. The van der Waals surface area contributed by atoms with E-state index in [4.69, 9.17) is 11.6 Å². The minimum absolute atomic E-state index is 0.0814. The Morgan fingerprint density at radius 1 is 1.11 bits per heavy atom. The van der Waals surface area contributed by atoms with E-state index in [1.54, 1.807) is 0 Å². The molecule has 0 heterocycles. The number of benzene rings is 1. The second-order valence-corrected chi connectivity index (χ2v) is 4.49. The monoisotopic (exact) mass is 352 g/mol. The zero-order valence-electron chi connectivity index (χ0n) is 8.33. The van der Waals surface area contributed by atoms with E-state index in [2.05, 4.69) is 15.9 Å². The average molecular weight is 353 g/mol. The van der Waals surface area contributed by atoms with Gasteiger partial charge in [0.2, 0.25) is 0 Å². The van der Waals surface area contributed by atoms with Gasteiger partial charge in [-0.15, -0.1) is 0 Å². The number of halogens is 8. The lowest BCUT2D eigenvalue weighted by Crippen LogP contribution is -2.07. The third kappa shape index (κ3) is 3.91. The molecule has 8 heteroatoms. The predicted octanol–water partition coefficient (Wildman–Crippen LogP) is 5.61. The molecule has 0 radical (unpaired) electrons. The van der Waals surface area contributed by atoms with Crippen molar-refractivity contribution in [3.63, 3.8) is 0 Å². The van der Waals surface area contributed by atoms with Crippen molar-refractivity contribution in [1.82, 2.24) is 0 Å². The molecule has 0 nitrogen and oxygen atoms in total. The Bertz CT molecular complexity index is 474. The van der Waals surface area contributed by atoms with Crippen molar-refractivity contribution in [3.05, 3.63) is 38.8 Å². The van der Waals surface area contributed by atoms with Crippen LogP contribution in [0.25, 0.3) is 6.08 Å². The van der Waals surface area contributed by atoms with Gasteiger partial charge in [0.25, 0.3) is 0 Å². The fourth-order valence-corrected chi connectivity index (χ4v) is 1.53. The van der Waals surface area contributed by atoms with Crippen LogP contribution in [0.2, 0.25) is 0 Å². The Balaban J connectivity index is 3.26. The van der Waals surface area contributed by atoms with Gasteiger partial charge in [-0.05, 0) is 29.8 Å². The number of rotatable bonds is 1. The van der Waals surface area contributed by atoms with Crippen molar-refractivity contribution in [2.75, 3.05) is 0 Å². The van der Waals surface area contributed by atoms with Crippen LogP contribution < -0.4 is 0 Å². The highest BCUT2D eigenvalue weighted by Crippen LogP contribution is 2.35. The summed E-state index contributed by atoms with van der Waals surface area (Å²) in [6.45, 7) is 0. The number of hydrogen-bond acceptors (Lipinski definition) is 0. The van der Waals surface area contributed by atoms with Crippen molar-refractivity contribution >= 4 is 33.6 Å². The number of alkyl halides is 6. The predicted molar refractivity (Wildman–Crippen MR) is 59.0 cm³/mol. The maximum Gasteiger partial charge on any atom is 0.426 e. The molecular formula is C10H4BrClF6. The van der Waals surface area contributed by atoms with Gasteiger partial charge in [0.05, 0.1) is 5.56 Å². The maximum absolute atomic E-state index is 12.4. The molecule has 100 valence electrons. The van der Waals surface area contributed by atoms with Gasteiger partial charge in [-0.3, -0.25) is 0 Å². The van der Waals surface area contributed by atoms with Gasteiger partial charge in [-0.25, -0.2) is 0 Å². The SMILES string of the molecule is FC(F)(F)C(Cl)=Cc1cc(C(F)(F)F)ccc1Br. The van der Waals surface area contributed by atoms with E-state index in [1.807, 2.05) is 0 Å². The first-order valence-electron chi connectivity index (χ1n) is 4.33. The van der Waals surface area contributed by atoms with Crippen LogP contribution >= 0.6 is 27.5 Å². The number of hydrogen-bond donors (Lipinski definition) is 0. The van der Waals surface area contributed by atoms with Gasteiger partial charge in [0.15, 0.2) is 0 Å². The standard InChI is InChI=1S/C10H4BrClF6/c11-7-2-1-6(9(13,14)15)3-5(7)4-8(12)10(16,17)18/h1-4H. The summed E-state index contributed by atoms with van der Waals surface area (Å²) in [5.74, 6) is 0. The van der Waals surface area contributed by atoms with Crippen LogP contribution in [0.15, 0.2) is 27.7 Å². The van der Waals surface area contributed by atoms with Gasteiger partial charge in [0, 0.05) is 4.47 Å². The van der Waals surface area contributed by atoms with E-state index >= 15 is 0 Å². The molecule has 0 aliphatic rings. The van der Waals surface area contributed by atoms with Crippen molar-refractivity contribution in [2.24, 2.45) is 0 Å². The molecule has 0 unspecified atom stereocenters. The third-order valence-electron chi connectivity index (χ3n) is 1.88. The van der Waals surface area contributed by atoms with E-state index < -0.39 is 22.9 Å². The first-order chi connectivity index (χ1) is 8.01. The Kier molecular flexibility index (Phi) is 4.38. The topological polar surface area (TPSA) is 0 Å². The molecule has 0 N–H and O–H groups in total. The molecule has 0 atom stereocenters. The minimum Gasteiger partial charge on any atom is -0.166 e. The molecule has 1 rings (SSSR count). The molecule has 0 aliphatic heterocycles. The van der Waals surface area contributed by atoms with Crippen molar-refractivity contribution in [1.29, 1.82) is 0 Å². The first-order valence-corrected chi connectivity index (χ1v) is 5.50. The Morgan fingerprint density at radius 2 is 1.67 bits per heavy atom. The van der Waals surface area contributed by atoms with Gasteiger partial charge in [-0.2, -0.15) is 26.3 Å². The van der Waals surface area contributed by atoms with Crippen LogP contribution in [0.3, 0.4) is 0 Å². The highest BCUT2D eigenvalue weighted by atomic mass is 79.9. The van der Waals surface area contributed by atoms with Gasteiger partial charge in [-0.1, -0.05) is 27.5 Å². The minimum atomic E-state index is -4.80. The summed E-state index contributed by atoms with van der Waals surface area (Å²) in [7, 11) is 0. The van der Waals surface area contributed by atoms with Crippen LogP contribution in [0.1, 0.15) is 11.1 Å². The second kappa shape index (κ2) is 5.13. The van der Waals surface area contributed by atoms with Crippen molar-refractivity contribution < 1.29 is 26.3 Å². The lowest BCUT2D eigenvalue weighted by Gasteiger charge is -2.09. The molecule has 0 saturated carbocycles. The molecule has 0 aromatic heterocycles. The third-order valence-corrected chi connectivity index (χ3v) is 2.92. The smallest absolute Gasteiger partial charge is 0.166 e. The Labute approximate surface area is 111 Å². The zero-order valence-corrected chi connectivity index (χ0v) is 10.7. The largest absolute Gasteiger partial charge is 0.426 e.